The molecule has 4 aromatic heterocycles. The van der Waals surface area contributed by atoms with Gasteiger partial charge in [0.25, 0.3) is 5.91 Å². The SMILES string of the molecule is COc1ccc2nnc(C3CCN(C(=O)c4c(C)nc5ccccn45)CC3)n2n1. The number of carbonyl (C=O) groups is 1. The molecule has 0 saturated carbocycles. The number of imidazole rings is 1. The topological polar surface area (TPSA) is 89.9 Å². The van der Waals surface area contributed by atoms with Crippen LogP contribution < -0.4 is 4.74 Å². The molecule has 0 bridgehead atoms. The van der Waals surface area contributed by atoms with Gasteiger partial charge in [0.1, 0.15) is 11.3 Å². The lowest BCUT2D eigenvalue weighted by Gasteiger charge is -2.31. The van der Waals surface area contributed by atoms with Crippen molar-refractivity contribution in [1.29, 1.82) is 0 Å². The Morgan fingerprint density at radius 3 is 2.72 bits per heavy atom. The number of pyridine rings is 1. The maximum Gasteiger partial charge on any atom is 0.272 e. The van der Waals surface area contributed by atoms with Crippen LogP contribution in [-0.2, 0) is 0 Å². The van der Waals surface area contributed by atoms with Crippen LogP contribution in [0.4, 0.5) is 0 Å². The zero-order valence-electron chi connectivity index (χ0n) is 16.3. The van der Waals surface area contributed by atoms with E-state index in [0.29, 0.717) is 30.3 Å². The number of hydrogen-bond acceptors (Lipinski definition) is 6. The summed E-state index contributed by atoms with van der Waals surface area (Å²) >= 11 is 0. The van der Waals surface area contributed by atoms with E-state index in [2.05, 4.69) is 20.3 Å². The Kier molecular flexibility index (Phi) is 4.15. The van der Waals surface area contributed by atoms with E-state index < -0.39 is 0 Å². The van der Waals surface area contributed by atoms with E-state index >= 15 is 0 Å². The molecule has 0 spiro atoms. The molecule has 0 atom stereocenters. The number of aromatic nitrogens is 6. The number of likely N-dealkylation sites (tertiary alicyclic amines) is 1. The molecule has 9 heteroatoms. The molecule has 1 fully saturated rings. The fraction of sp³-hybridized carbons (Fsp3) is 0.350. The van der Waals surface area contributed by atoms with Crippen LogP contribution in [0.5, 0.6) is 5.88 Å². The quantitative estimate of drug-likeness (QED) is 0.531. The summed E-state index contributed by atoms with van der Waals surface area (Å²) in [4.78, 5) is 19.6. The van der Waals surface area contributed by atoms with Crippen LogP contribution >= 0.6 is 0 Å². The van der Waals surface area contributed by atoms with Crippen LogP contribution in [0.2, 0.25) is 0 Å². The summed E-state index contributed by atoms with van der Waals surface area (Å²) in [5.41, 5.74) is 2.88. The van der Waals surface area contributed by atoms with Gasteiger partial charge in [0, 0.05) is 31.3 Å². The second kappa shape index (κ2) is 6.84. The summed E-state index contributed by atoms with van der Waals surface area (Å²) in [6.45, 7) is 3.19. The van der Waals surface area contributed by atoms with Crippen molar-refractivity contribution >= 4 is 17.2 Å². The molecule has 1 amide bonds. The van der Waals surface area contributed by atoms with Gasteiger partial charge in [-0.1, -0.05) is 6.07 Å². The summed E-state index contributed by atoms with van der Waals surface area (Å²) in [5.74, 6) is 1.55. The average Bonchev–Trinajstić information content (AvgIpc) is 3.33. The molecule has 0 unspecified atom stereocenters. The summed E-state index contributed by atoms with van der Waals surface area (Å²) in [6, 6.07) is 9.36. The highest BCUT2D eigenvalue weighted by Crippen LogP contribution is 2.28. The van der Waals surface area contributed by atoms with Crippen molar-refractivity contribution in [2.24, 2.45) is 0 Å². The molecule has 1 aliphatic heterocycles. The lowest BCUT2D eigenvalue weighted by molar-refractivity contribution is 0.0703. The molecular formula is C20H21N7O2. The summed E-state index contributed by atoms with van der Waals surface area (Å²) < 4.78 is 8.83. The molecule has 29 heavy (non-hydrogen) atoms. The van der Waals surface area contributed by atoms with E-state index in [-0.39, 0.29) is 11.8 Å². The minimum Gasteiger partial charge on any atom is -0.480 e. The highest BCUT2D eigenvalue weighted by Gasteiger charge is 2.30. The Hall–Kier alpha value is -3.49. The molecule has 0 aliphatic carbocycles. The second-order valence-electron chi connectivity index (χ2n) is 7.25. The number of nitrogens with zero attached hydrogens (tertiary/aromatic N) is 7. The Labute approximate surface area is 166 Å². The van der Waals surface area contributed by atoms with Gasteiger partial charge >= 0.3 is 0 Å². The standard InChI is InChI=1S/C20H21N7O2/c1-13-18(26-10-4-3-5-15(26)21-13)20(28)25-11-8-14(9-12-25)19-23-22-16-6-7-17(29-2)24-27(16)19/h3-7,10,14H,8-9,11-12H2,1-2H3. The van der Waals surface area contributed by atoms with Gasteiger partial charge in [0.2, 0.25) is 5.88 Å². The van der Waals surface area contributed by atoms with Gasteiger partial charge in [0.15, 0.2) is 11.5 Å². The summed E-state index contributed by atoms with van der Waals surface area (Å²) in [5, 5.41) is 13.0. The van der Waals surface area contributed by atoms with Crippen LogP contribution in [-0.4, -0.2) is 60.2 Å². The van der Waals surface area contributed by atoms with Crippen molar-refractivity contribution in [2.45, 2.75) is 25.7 Å². The normalized spacial score (nSPS) is 15.3. The monoisotopic (exact) mass is 391 g/mol. The minimum atomic E-state index is 0.0190. The van der Waals surface area contributed by atoms with E-state index in [0.717, 1.165) is 30.0 Å². The van der Waals surface area contributed by atoms with Gasteiger partial charge in [0.05, 0.1) is 12.8 Å². The first-order valence-electron chi connectivity index (χ1n) is 9.65. The number of amides is 1. The average molecular weight is 391 g/mol. The number of fused-ring (bicyclic) bond motifs is 2. The van der Waals surface area contributed by atoms with E-state index in [4.69, 9.17) is 4.74 Å². The Morgan fingerprint density at radius 1 is 1.10 bits per heavy atom. The molecule has 0 aromatic carbocycles. The van der Waals surface area contributed by atoms with Gasteiger partial charge in [-0.15, -0.1) is 15.3 Å². The highest BCUT2D eigenvalue weighted by molar-refractivity contribution is 5.94. The molecular weight excluding hydrogens is 370 g/mol. The van der Waals surface area contributed by atoms with Crippen molar-refractivity contribution in [1.82, 2.24) is 34.1 Å². The Morgan fingerprint density at radius 2 is 1.93 bits per heavy atom. The number of ether oxygens (including phenoxy) is 1. The zero-order chi connectivity index (χ0) is 20.0. The van der Waals surface area contributed by atoms with Gasteiger partial charge < -0.3 is 9.64 Å². The van der Waals surface area contributed by atoms with Crippen molar-refractivity contribution < 1.29 is 9.53 Å². The third-order valence-corrected chi connectivity index (χ3v) is 5.53. The van der Waals surface area contributed by atoms with Crippen molar-refractivity contribution in [2.75, 3.05) is 20.2 Å². The maximum absolute atomic E-state index is 13.2. The molecule has 5 rings (SSSR count). The number of aryl methyl sites for hydroxylation is 1. The molecule has 0 N–H and O–H groups in total. The lowest BCUT2D eigenvalue weighted by Crippen LogP contribution is -2.39. The fourth-order valence-corrected chi connectivity index (χ4v) is 4.01. The van der Waals surface area contributed by atoms with Crippen LogP contribution in [0.25, 0.3) is 11.3 Å². The van der Waals surface area contributed by atoms with E-state index in [1.54, 1.807) is 17.7 Å². The number of carbonyl (C=O) groups excluding carboxylic acids is 1. The van der Waals surface area contributed by atoms with Gasteiger partial charge in [-0.3, -0.25) is 9.20 Å². The largest absolute Gasteiger partial charge is 0.480 e. The smallest absolute Gasteiger partial charge is 0.272 e. The molecule has 148 valence electrons. The zero-order valence-corrected chi connectivity index (χ0v) is 16.3. The first kappa shape index (κ1) is 17.6. The van der Waals surface area contributed by atoms with Gasteiger partial charge in [-0.25, -0.2) is 4.98 Å². The number of hydrogen-bond donors (Lipinski definition) is 0. The molecule has 0 radical (unpaired) electrons. The summed E-state index contributed by atoms with van der Waals surface area (Å²) in [6.07, 6.45) is 3.50. The number of methoxy groups -OCH3 is 1. The first-order chi connectivity index (χ1) is 14.2. The van der Waals surface area contributed by atoms with Crippen LogP contribution in [0, 0.1) is 6.92 Å². The third kappa shape index (κ3) is 2.89. The van der Waals surface area contributed by atoms with Crippen LogP contribution in [0.1, 0.15) is 40.8 Å². The molecule has 9 nitrogen and oxygen atoms in total. The van der Waals surface area contributed by atoms with E-state index in [1.807, 2.05) is 46.7 Å². The van der Waals surface area contributed by atoms with Gasteiger partial charge in [-0.2, -0.15) is 4.52 Å². The molecule has 1 aliphatic rings. The van der Waals surface area contributed by atoms with E-state index in [1.165, 1.54) is 0 Å². The predicted molar refractivity (Wildman–Crippen MR) is 105 cm³/mol. The predicted octanol–water partition coefficient (Wildman–Crippen LogP) is 2.11. The maximum atomic E-state index is 13.2. The molecule has 5 heterocycles. The first-order valence-corrected chi connectivity index (χ1v) is 9.65. The van der Waals surface area contributed by atoms with Crippen molar-refractivity contribution in [3.05, 3.63) is 53.7 Å². The molecule has 4 aromatic rings. The van der Waals surface area contributed by atoms with Gasteiger partial charge in [-0.05, 0) is 38.0 Å². The lowest BCUT2D eigenvalue weighted by atomic mass is 9.96. The Balaban J connectivity index is 1.36. The van der Waals surface area contributed by atoms with Crippen LogP contribution in [0.15, 0.2) is 36.5 Å². The molecule has 1 saturated heterocycles. The third-order valence-electron chi connectivity index (χ3n) is 5.53. The Bertz CT molecular complexity index is 1200. The summed E-state index contributed by atoms with van der Waals surface area (Å²) in [7, 11) is 1.59. The fourth-order valence-electron chi connectivity index (χ4n) is 4.01. The van der Waals surface area contributed by atoms with Crippen LogP contribution in [0.3, 0.4) is 0 Å². The second-order valence-corrected chi connectivity index (χ2v) is 7.25. The minimum absolute atomic E-state index is 0.0190. The number of rotatable bonds is 3. The number of piperidine rings is 1. The van der Waals surface area contributed by atoms with E-state index in [9.17, 15) is 4.79 Å². The highest BCUT2D eigenvalue weighted by atomic mass is 16.5. The van der Waals surface area contributed by atoms with Crippen molar-refractivity contribution in [3.63, 3.8) is 0 Å². The van der Waals surface area contributed by atoms with Crippen molar-refractivity contribution in [3.8, 4) is 5.88 Å².